The van der Waals surface area contributed by atoms with Crippen molar-refractivity contribution in [1.82, 2.24) is 0 Å². The van der Waals surface area contributed by atoms with E-state index in [4.69, 9.17) is 0 Å². The molecule has 6 heteroatoms. The van der Waals surface area contributed by atoms with Crippen LogP contribution in [0.15, 0.2) is 47.4 Å². The van der Waals surface area contributed by atoms with Crippen LogP contribution in [0.3, 0.4) is 0 Å². The number of ketones is 2. The number of rotatable bonds is 13. The first kappa shape index (κ1) is 30.1. The second-order valence-electron chi connectivity index (χ2n) is 9.78. The number of hydrogen-bond acceptors (Lipinski definition) is 3. The Morgan fingerprint density at radius 3 is 1.47 bits per heavy atom. The molecule has 1 aliphatic carbocycles. The Morgan fingerprint density at radius 2 is 1.06 bits per heavy atom. The summed E-state index contributed by atoms with van der Waals surface area (Å²) < 4.78 is 21.9. The fourth-order valence-corrected chi connectivity index (χ4v) is 5.48. The molecule has 0 saturated carbocycles. The molecule has 0 amide bonds. The summed E-state index contributed by atoms with van der Waals surface area (Å²) in [5.41, 5.74) is 0.828. The Morgan fingerprint density at radius 1 is 0.639 bits per heavy atom. The van der Waals surface area contributed by atoms with E-state index in [0.717, 1.165) is 0 Å². The lowest BCUT2D eigenvalue weighted by Gasteiger charge is -2.39. The third kappa shape index (κ3) is 7.67. The molecule has 3 rings (SSSR count). The van der Waals surface area contributed by atoms with Crippen molar-refractivity contribution >= 4 is 22.6 Å². The standard InChI is InChI=1S/C16H36N.C14H8O4S/c1-5-9-13-17(14-10-6-2,15-11-7-3)16-12-8-4;15-13-8-4-1-2-5-9(8)14(16)12-10(13)6-3-7-11(12)19(17)18/h5-16H2,1-4H3;1-7H,(H,17,18)/q+1;. The predicted molar refractivity (Wildman–Crippen MR) is 148 cm³/mol. The van der Waals surface area contributed by atoms with Crippen LogP contribution in [0.25, 0.3) is 0 Å². The SMILES string of the molecule is CCCC[N+](CCCC)(CCCC)CCCC.O=C1c2ccccc2C(=O)c2c1cccc2S(=O)O. The van der Waals surface area contributed by atoms with Crippen LogP contribution in [-0.2, 0) is 11.1 Å². The maximum absolute atomic E-state index is 12.4. The van der Waals surface area contributed by atoms with E-state index in [1.165, 1.54) is 100 Å². The second-order valence-corrected chi connectivity index (χ2v) is 10.7. The van der Waals surface area contributed by atoms with Crippen LogP contribution < -0.4 is 0 Å². The van der Waals surface area contributed by atoms with Gasteiger partial charge in [0.05, 0.1) is 36.6 Å². The van der Waals surface area contributed by atoms with Crippen molar-refractivity contribution in [3.8, 4) is 0 Å². The molecule has 0 radical (unpaired) electrons. The average Bonchev–Trinajstić information content (AvgIpc) is 2.90. The second kappa shape index (κ2) is 15.2. The predicted octanol–water partition coefficient (Wildman–Crippen LogP) is 7.05. The van der Waals surface area contributed by atoms with E-state index in [-0.39, 0.29) is 33.2 Å². The molecule has 0 heterocycles. The molecule has 0 aliphatic heterocycles. The van der Waals surface area contributed by atoms with E-state index >= 15 is 0 Å². The van der Waals surface area contributed by atoms with Gasteiger partial charge in [0.2, 0.25) is 0 Å². The first-order chi connectivity index (χ1) is 17.4. The quantitative estimate of drug-likeness (QED) is 0.196. The normalized spacial score (nSPS) is 13.5. The molecule has 0 saturated heterocycles. The summed E-state index contributed by atoms with van der Waals surface area (Å²) >= 11 is -2.30. The van der Waals surface area contributed by atoms with Gasteiger partial charge in [-0.3, -0.25) is 9.59 Å². The monoisotopic (exact) mass is 514 g/mol. The fraction of sp³-hybridized carbons (Fsp3) is 0.533. The Kier molecular flexibility index (Phi) is 12.7. The van der Waals surface area contributed by atoms with E-state index in [1.807, 2.05) is 0 Å². The Hall–Kier alpha value is -2.15. The number of fused-ring (bicyclic) bond motifs is 2. The van der Waals surface area contributed by atoms with Crippen molar-refractivity contribution in [2.45, 2.75) is 84.0 Å². The minimum absolute atomic E-state index is 0.0228. The zero-order chi connectivity index (χ0) is 26.6. The molecule has 0 fully saturated rings. The van der Waals surface area contributed by atoms with Crippen LogP contribution in [-0.4, -0.2) is 51.0 Å². The van der Waals surface area contributed by atoms with Gasteiger partial charge in [0, 0.05) is 16.7 Å². The lowest BCUT2D eigenvalue weighted by molar-refractivity contribution is -0.929. The molecular formula is C30H44NO4S+. The maximum atomic E-state index is 12.4. The molecule has 0 aromatic heterocycles. The number of carbonyl (C=O) groups is 2. The van der Waals surface area contributed by atoms with Crippen LogP contribution in [0, 0.1) is 0 Å². The highest BCUT2D eigenvalue weighted by Gasteiger charge is 2.32. The summed E-state index contributed by atoms with van der Waals surface area (Å²) in [6.07, 6.45) is 11.1. The first-order valence-electron chi connectivity index (χ1n) is 13.6. The van der Waals surface area contributed by atoms with E-state index in [1.54, 1.807) is 24.3 Å². The minimum atomic E-state index is -2.30. The number of benzene rings is 2. The molecule has 2 aromatic carbocycles. The number of hydrogen-bond donors (Lipinski definition) is 1. The van der Waals surface area contributed by atoms with Crippen LogP contribution in [0.2, 0.25) is 0 Å². The molecule has 36 heavy (non-hydrogen) atoms. The Bertz CT molecular complexity index is 996. The molecule has 0 bridgehead atoms. The highest BCUT2D eigenvalue weighted by molar-refractivity contribution is 7.79. The zero-order valence-electron chi connectivity index (χ0n) is 22.6. The first-order valence-corrected chi connectivity index (χ1v) is 14.7. The molecule has 5 nitrogen and oxygen atoms in total. The highest BCUT2D eigenvalue weighted by Crippen LogP contribution is 2.30. The number of quaternary nitrogens is 1. The van der Waals surface area contributed by atoms with Crippen LogP contribution in [0.5, 0.6) is 0 Å². The lowest BCUT2D eigenvalue weighted by Crippen LogP contribution is -2.50. The van der Waals surface area contributed by atoms with E-state index < -0.39 is 11.1 Å². The van der Waals surface area contributed by atoms with Gasteiger partial charge in [-0.1, -0.05) is 89.8 Å². The minimum Gasteiger partial charge on any atom is -0.324 e. The van der Waals surface area contributed by atoms with Crippen molar-refractivity contribution < 1.29 is 22.8 Å². The number of nitrogens with zero attached hydrogens (tertiary/aromatic N) is 1. The summed E-state index contributed by atoms with van der Waals surface area (Å²) in [4.78, 5) is 24.7. The Balaban J connectivity index is 0.000000256. The zero-order valence-corrected chi connectivity index (χ0v) is 23.4. The van der Waals surface area contributed by atoms with Gasteiger partial charge in [0.25, 0.3) is 0 Å². The van der Waals surface area contributed by atoms with Crippen molar-refractivity contribution in [1.29, 1.82) is 0 Å². The molecule has 198 valence electrons. The van der Waals surface area contributed by atoms with Crippen LogP contribution in [0.1, 0.15) is 111 Å². The summed E-state index contributed by atoms with van der Waals surface area (Å²) in [5, 5.41) is 0. The third-order valence-electron chi connectivity index (χ3n) is 7.05. The number of carbonyl (C=O) groups excluding carboxylic acids is 2. The highest BCUT2D eigenvalue weighted by atomic mass is 32.2. The van der Waals surface area contributed by atoms with Gasteiger partial charge in [0.15, 0.2) is 22.6 Å². The van der Waals surface area contributed by atoms with Gasteiger partial charge < -0.3 is 9.04 Å². The van der Waals surface area contributed by atoms with Gasteiger partial charge in [0.1, 0.15) is 0 Å². The molecule has 0 spiro atoms. The van der Waals surface area contributed by atoms with Crippen molar-refractivity contribution in [2.75, 3.05) is 26.2 Å². The van der Waals surface area contributed by atoms with Gasteiger partial charge in [-0.2, -0.15) is 0 Å². The van der Waals surface area contributed by atoms with E-state index in [2.05, 4.69) is 27.7 Å². The van der Waals surface area contributed by atoms with Crippen LogP contribution >= 0.6 is 0 Å². The molecule has 1 unspecified atom stereocenters. The summed E-state index contributed by atoms with van der Waals surface area (Å²) in [6, 6.07) is 10.9. The van der Waals surface area contributed by atoms with Crippen molar-refractivity contribution in [2.24, 2.45) is 0 Å². The number of unbranched alkanes of at least 4 members (excludes halogenated alkanes) is 4. The topological polar surface area (TPSA) is 71.4 Å². The molecule has 1 N–H and O–H groups in total. The fourth-order valence-electron chi connectivity index (χ4n) is 4.90. The summed E-state index contributed by atoms with van der Waals surface area (Å²) in [7, 11) is 0. The van der Waals surface area contributed by atoms with Crippen molar-refractivity contribution in [3.05, 3.63) is 64.7 Å². The average molecular weight is 515 g/mol. The van der Waals surface area contributed by atoms with Gasteiger partial charge in [-0.05, 0) is 31.7 Å². The molecular weight excluding hydrogens is 470 g/mol. The lowest BCUT2D eigenvalue weighted by atomic mass is 9.84. The van der Waals surface area contributed by atoms with E-state index in [9.17, 15) is 18.4 Å². The van der Waals surface area contributed by atoms with Gasteiger partial charge in [-0.15, -0.1) is 0 Å². The van der Waals surface area contributed by atoms with E-state index in [0.29, 0.717) is 5.56 Å². The van der Waals surface area contributed by atoms with Gasteiger partial charge in [-0.25, -0.2) is 4.21 Å². The molecule has 1 aliphatic rings. The van der Waals surface area contributed by atoms with Gasteiger partial charge >= 0.3 is 0 Å². The van der Waals surface area contributed by atoms with Crippen LogP contribution in [0.4, 0.5) is 0 Å². The smallest absolute Gasteiger partial charge is 0.195 e. The summed E-state index contributed by atoms with van der Waals surface area (Å²) in [5.74, 6) is -0.680. The maximum Gasteiger partial charge on any atom is 0.195 e. The third-order valence-corrected chi connectivity index (χ3v) is 7.76. The molecule has 2 aromatic rings. The molecule has 1 atom stereocenters. The Labute approximate surface area is 220 Å². The van der Waals surface area contributed by atoms with Crippen molar-refractivity contribution in [3.63, 3.8) is 0 Å². The largest absolute Gasteiger partial charge is 0.324 e. The summed E-state index contributed by atoms with van der Waals surface area (Å²) in [6.45, 7) is 15.0.